The molecule has 0 aromatic carbocycles. The standard InChI is InChI=1S/C15H23NO4/c1-3-11(2)20-14(19)10-16-12(17)8-15(9-13(16)18)6-4-5-7-15/h11H,3-10H2,1-2H3. The van der Waals surface area contributed by atoms with Gasteiger partial charge in [0, 0.05) is 12.8 Å². The van der Waals surface area contributed by atoms with Crippen molar-refractivity contribution in [2.24, 2.45) is 5.41 Å². The lowest BCUT2D eigenvalue weighted by Gasteiger charge is -2.36. The fourth-order valence-electron chi connectivity index (χ4n) is 3.16. The van der Waals surface area contributed by atoms with Gasteiger partial charge in [0.2, 0.25) is 11.8 Å². The lowest BCUT2D eigenvalue weighted by Crippen LogP contribution is -2.49. The van der Waals surface area contributed by atoms with Crippen molar-refractivity contribution in [3.63, 3.8) is 0 Å². The molecule has 1 atom stereocenters. The Bertz CT molecular complexity index is 392. The minimum atomic E-state index is -0.497. The summed E-state index contributed by atoms with van der Waals surface area (Å²) in [5, 5.41) is 0. The molecular weight excluding hydrogens is 258 g/mol. The van der Waals surface area contributed by atoms with Crippen molar-refractivity contribution in [2.45, 2.75) is 64.9 Å². The SMILES string of the molecule is CCC(C)OC(=O)CN1C(=O)CC2(CCCC2)CC1=O. The maximum atomic E-state index is 12.2. The number of hydrogen-bond acceptors (Lipinski definition) is 4. The molecule has 5 nitrogen and oxygen atoms in total. The lowest BCUT2D eigenvalue weighted by molar-refractivity contribution is -0.163. The van der Waals surface area contributed by atoms with Crippen LogP contribution in [0.15, 0.2) is 0 Å². The number of amides is 2. The summed E-state index contributed by atoms with van der Waals surface area (Å²) in [6, 6.07) is 0. The maximum absolute atomic E-state index is 12.2. The first-order valence-corrected chi connectivity index (χ1v) is 7.48. The molecule has 2 fully saturated rings. The highest BCUT2D eigenvalue weighted by Crippen LogP contribution is 2.46. The van der Waals surface area contributed by atoms with E-state index in [9.17, 15) is 14.4 Å². The van der Waals surface area contributed by atoms with Crippen LogP contribution in [-0.2, 0) is 19.1 Å². The normalized spacial score (nSPS) is 23.2. The van der Waals surface area contributed by atoms with E-state index in [0.29, 0.717) is 12.8 Å². The average Bonchev–Trinajstić information content (AvgIpc) is 2.81. The molecule has 0 aromatic rings. The summed E-state index contributed by atoms with van der Waals surface area (Å²) < 4.78 is 5.13. The van der Waals surface area contributed by atoms with E-state index < -0.39 is 5.97 Å². The van der Waals surface area contributed by atoms with Crippen LogP contribution in [0.4, 0.5) is 0 Å². The second-order valence-electron chi connectivity index (χ2n) is 6.14. The van der Waals surface area contributed by atoms with Crippen LogP contribution in [0, 0.1) is 5.41 Å². The monoisotopic (exact) mass is 281 g/mol. The summed E-state index contributed by atoms with van der Waals surface area (Å²) in [4.78, 5) is 37.1. The Hall–Kier alpha value is -1.39. The molecule has 1 aliphatic heterocycles. The minimum Gasteiger partial charge on any atom is -0.461 e. The molecular formula is C15H23NO4. The van der Waals surface area contributed by atoms with Gasteiger partial charge in [-0.3, -0.25) is 19.3 Å². The van der Waals surface area contributed by atoms with Gasteiger partial charge in [0.05, 0.1) is 6.10 Å². The number of likely N-dealkylation sites (tertiary alicyclic amines) is 1. The van der Waals surface area contributed by atoms with Crippen molar-refractivity contribution in [3.8, 4) is 0 Å². The number of carbonyl (C=O) groups is 3. The number of ether oxygens (including phenoxy) is 1. The maximum Gasteiger partial charge on any atom is 0.326 e. The van der Waals surface area contributed by atoms with Crippen LogP contribution in [0.25, 0.3) is 0 Å². The zero-order valence-corrected chi connectivity index (χ0v) is 12.3. The Morgan fingerprint density at radius 2 is 1.80 bits per heavy atom. The van der Waals surface area contributed by atoms with Crippen molar-refractivity contribution in [2.75, 3.05) is 6.54 Å². The second kappa shape index (κ2) is 5.94. The van der Waals surface area contributed by atoms with E-state index in [0.717, 1.165) is 37.0 Å². The van der Waals surface area contributed by atoms with Gasteiger partial charge in [0.15, 0.2) is 0 Å². The summed E-state index contributed by atoms with van der Waals surface area (Å²) >= 11 is 0. The van der Waals surface area contributed by atoms with E-state index in [1.807, 2.05) is 6.92 Å². The summed E-state index contributed by atoms with van der Waals surface area (Å²) in [6.07, 6.45) is 5.43. The van der Waals surface area contributed by atoms with Crippen molar-refractivity contribution in [1.82, 2.24) is 4.90 Å². The Balaban J connectivity index is 1.95. The smallest absolute Gasteiger partial charge is 0.326 e. The van der Waals surface area contributed by atoms with E-state index in [1.54, 1.807) is 6.92 Å². The number of nitrogens with zero attached hydrogens (tertiary/aromatic N) is 1. The van der Waals surface area contributed by atoms with Crippen LogP contribution in [0.1, 0.15) is 58.8 Å². The van der Waals surface area contributed by atoms with E-state index in [-0.39, 0.29) is 29.9 Å². The Morgan fingerprint density at radius 3 is 2.30 bits per heavy atom. The van der Waals surface area contributed by atoms with E-state index in [1.165, 1.54) is 0 Å². The third kappa shape index (κ3) is 3.19. The largest absolute Gasteiger partial charge is 0.461 e. The highest BCUT2D eigenvalue weighted by molar-refractivity contribution is 6.01. The van der Waals surface area contributed by atoms with Crippen LogP contribution >= 0.6 is 0 Å². The molecule has 1 unspecified atom stereocenters. The molecule has 20 heavy (non-hydrogen) atoms. The van der Waals surface area contributed by atoms with Gasteiger partial charge in [0.1, 0.15) is 6.54 Å². The summed E-state index contributed by atoms with van der Waals surface area (Å²) in [6.45, 7) is 3.47. The number of hydrogen-bond donors (Lipinski definition) is 0. The van der Waals surface area contributed by atoms with Crippen LogP contribution in [-0.4, -0.2) is 35.3 Å². The molecule has 0 N–H and O–H groups in total. The van der Waals surface area contributed by atoms with Gasteiger partial charge in [-0.15, -0.1) is 0 Å². The highest BCUT2D eigenvalue weighted by atomic mass is 16.5. The van der Waals surface area contributed by atoms with Crippen LogP contribution in [0.2, 0.25) is 0 Å². The third-order valence-corrected chi connectivity index (χ3v) is 4.51. The first kappa shape index (κ1) is 15.0. The predicted molar refractivity (Wildman–Crippen MR) is 72.7 cm³/mol. The number of esters is 1. The van der Waals surface area contributed by atoms with Crippen molar-refractivity contribution < 1.29 is 19.1 Å². The summed E-state index contributed by atoms with van der Waals surface area (Å²) in [5.41, 5.74) is -0.120. The molecule has 2 amide bonds. The number of piperidine rings is 1. The average molecular weight is 281 g/mol. The van der Waals surface area contributed by atoms with Gasteiger partial charge in [-0.2, -0.15) is 0 Å². The zero-order chi connectivity index (χ0) is 14.8. The van der Waals surface area contributed by atoms with Gasteiger partial charge < -0.3 is 4.74 Å². The molecule has 1 spiro atoms. The Kier molecular flexibility index (Phi) is 4.45. The number of rotatable bonds is 4. The van der Waals surface area contributed by atoms with Crippen molar-refractivity contribution in [1.29, 1.82) is 0 Å². The lowest BCUT2D eigenvalue weighted by atomic mass is 9.76. The number of carbonyl (C=O) groups excluding carboxylic acids is 3. The van der Waals surface area contributed by atoms with Crippen LogP contribution in [0.3, 0.4) is 0 Å². The molecule has 2 rings (SSSR count). The molecule has 1 saturated heterocycles. The van der Waals surface area contributed by atoms with Crippen LogP contribution < -0.4 is 0 Å². The molecule has 1 aliphatic carbocycles. The second-order valence-corrected chi connectivity index (χ2v) is 6.14. The van der Waals surface area contributed by atoms with Gasteiger partial charge in [0.25, 0.3) is 0 Å². The van der Waals surface area contributed by atoms with E-state index in [4.69, 9.17) is 4.74 Å². The van der Waals surface area contributed by atoms with E-state index in [2.05, 4.69) is 0 Å². The first-order chi connectivity index (χ1) is 9.46. The van der Waals surface area contributed by atoms with Gasteiger partial charge in [-0.25, -0.2) is 0 Å². The fourth-order valence-corrected chi connectivity index (χ4v) is 3.16. The highest BCUT2D eigenvalue weighted by Gasteiger charge is 2.45. The summed E-state index contributed by atoms with van der Waals surface area (Å²) in [5.74, 6) is -0.933. The third-order valence-electron chi connectivity index (χ3n) is 4.51. The van der Waals surface area contributed by atoms with Crippen molar-refractivity contribution >= 4 is 17.8 Å². The number of imide groups is 1. The molecule has 1 heterocycles. The zero-order valence-electron chi connectivity index (χ0n) is 12.3. The first-order valence-electron chi connectivity index (χ1n) is 7.48. The predicted octanol–water partition coefficient (Wildman–Crippen LogP) is 2.04. The summed E-state index contributed by atoms with van der Waals surface area (Å²) in [7, 11) is 0. The van der Waals surface area contributed by atoms with Crippen LogP contribution in [0.5, 0.6) is 0 Å². The van der Waals surface area contributed by atoms with E-state index >= 15 is 0 Å². The molecule has 0 radical (unpaired) electrons. The van der Waals surface area contributed by atoms with Gasteiger partial charge in [-0.05, 0) is 31.6 Å². The Morgan fingerprint density at radius 1 is 1.25 bits per heavy atom. The topological polar surface area (TPSA) is 63.7 Å². The van der Waals surface area contributed by atoms with Gasteiger partial charge >= 0.3 is 5.97 Å². The minimum absolute atomic E-state index is 0.120. The molecule has 5 heteroatoms. The fraction of sp³-hybridized carbons (Fsp3) is 0.800. The molecule has 1 saturated carbocycles. The Labute approximate surface area is 119 Å². The van der Waals surface area contributed by atoms with Gasteiger partial charge in [-0.1, -0.05) is 19.8 Å². The quantitative estimate of drug-likeness (QED) is 0.584. The molecule has 0 aromatic heterocycles. The molecule has 2 aliphatic rings. The molecule has 0 bridgehead atoms. The van der Waals surface area contributed by atoms with Crippen molar-refractivity contribution in [3.05, 3.63) is 0 Å². The molecule has 112 valence electrons.